The summed E-state index contributed by atoms with van der Waals surface area (Å²) >= 11 is 0. The van der Waals surface area contributed by atoms with Crippen molar-refractivity contribution in [1.82, 2.24) is 20.3 Å². The molecule has 0 aliphatic carbocycles. The number of amides is 3. The van der Waals surface area contributed by atoms with E-state index in [1.54, 1.807) is 11.0 Å². The van der Waals surface area contributed by atoms with Crippen molar-refractivity contribution in [3.63, 3.8) is 0 Å². The van der Waals surface area contributed by atoms with Gasteiger partial charge in [-0.05, 0) is 56.5 Å². The lowest BCUT2D eigenvalue weighted by molar-refractivity contribution is -0.136. The second-order valence-corrected chi connectivity index (χ2v) is 9.08. The maximum absolute atomic E-state index is 12.9. The maximum Gasteiger partial charge on any atom is 0.255 e. The molecule has 0 radical (unpaired) electrons. The molecule has 9 nitrogen and oxygen atoms in total. The number of rotatable bonds is 6. The van der Waals surface area contributed by atoms with Gasteiger partial charge in [0, 0.05) is 37.2 Å². The number of carbonyl (C=O) groups excluding carboxylic acids is 3. The van der Waals surface area contributed by atoms with E-state index in [1.165, 1.54) is 6.42 Å². The number of nitrogens with one attached hydrogen (secondary N) is 1. The number of imide groups is 1. The van der Waals surface area contributed by atoms with Crippen LogP contribution in [0, 0.1) is 6.92 Å². The number of piperidine rings is 2. The highest BCUT2D eigenvalue weighted by molar-refractivity contribution is 6.05. The summed E-state index contributed by atoms with van der Waals surface area (Å²) in [5.74, 6) is 0.672. The van der Waals surface area contributed by atoms with Crippen LogP contribution in [0.25, 0.3) is 0 Å². The van der Waals surface area contributed by atoms with Gasteiger partial charge in [-0.1, -0.05) is 11.6 Å². The van der Waals surface area contributed by atoms with Crippen molar-refractivity contribution < 1.29 is 23.6 Å². The molecule has 2 aromatic rings. The number of nitrogens with zero attached hydrogens (tertiary/aromatic N) is 3. The monoisotopic (exact) mass is 452 g/mol. The molecule has 3 amide bonds. The lowest BCUT2D eigenvalue weighted by Gasteiger charge is -2.34. The third kappa shape index (κ3) is 4.50. The van der Waals surface area contributed by atoms with E-state index in [0.717, 1.165) is 48.7 Å². The van der Waals surface area contributed by atoms with Gasteiger partial charge in [0.15, 0.2) is 0 Å². The lowest BCUT2D eigenvalue weighted by atomic mass is 10.0. The summed E-state index contributed by atoms with van der Waals surface area (Å²) in [6.45, 7) is 4.54. The number of aromatic nitrogens is 1. The van der Waals surface area contributed by atoms with Crippen molar-refractivity contribution >= 4 is 17.7 Å². The molecular formula is C24H28N4O5. The SMILES string of the molecule is Cc1cc(CN2CCCCC2COc2ccc3c(c2)CN(C2CCC(=O)NC2=O)C3=O)no1. The van der Waals surface area contributed by atoms with Gasteiger partial charge in [-0.15, -0.1) is 0 Å². The summed E-state index contributed by atoms with van der Waals surface area (Å²) in [5.41, 5.74) is 2.37. The number of ether oxygens (including phenoxy) is 1. The molecule has 3 aliphatic heterocycles. The molecule has 2 unspecified atom stereocenters. The predicted molar refractivity (Wildman–Crippen MR) is 117 cm³/mol. The number of carbonyl (C=O) groups is 3. The number of likely N-dealkylation sites (tertiary alicyclic amines) is 1. The van der Waals surface area contributed by atoms with Crippen LogP contribution in [0.15, 0.2) is 28.8 Å². The average molecular weight is 453 g/mol. The van der Waals surface area contributed by atoms with E-state index < -0.39 is 11.9 Å². The van der Waals surface area contributed by atoms with Gasteiger partial charge in [0.2, 0.25) is 11.8 Å². The van der Waals surface area contributed by atoms with Crippen LogP contribution < -0.4 is 10.1 Å². The molecule has 1 aromatic carbocycles. The fourth-order valence-corrected chi connectivity index (χ4v) is 4.99. The van der Waals surface area contributed by atoms with E-state index in [1.807, 2.05) is 25.1 Å². The highest BCUT2D eigenvalue weighted by Crippen LogP contribution is 2.30. The van der Waals surface area contributed by atoms with Crippen LogP contribution in [0.2, 0.25) is 0 Å². The summed E-state index contributed by atoms with van der Waals surface area (Å²) in [5, 5.41) is 6.46. The maximum atomic E-state index is 12.9. The molecule has 0 spiro atoms. The van der Waals surface area contributed by atoms with E-state index >= 15 is 0 Å². The summed E-state index contributed by atoms with van der Waals surface area (Å²) < 4.78 is 11.4. The first kappa shape index (κ1) is 21.6. The van der Waals surface area contributed by atoms with Crippen LogP contribution in [-0.2, 0) is 22.7 Å². The number of fused-ring (bicyclic) bond motifs is 1. The molecular weight excluding hydrogens is 424 g/mol. The zero-order valence-corrected chi connectivity index (χ0v) is 18.7. The van der Waals surface area contributed by atoms with Crippen molar-refractivity contribution in [3.8, 4) is 5.75 Å². The van der Waals surface area contributed by atoms with Gasteiger partial charge >= 0.3 is 0 Å². The highest BCUT2D eigenvalue weighted by atomic mass is 16.5. The number of benzene rings is 1. The Kier molecular flexibility index (Phi) is 5.88. The third-order valence-electron chi connectivity index (χ3n) is 6.73. The second-order valence-electron chi connectivity index (χ2n) is 9.08. The summed E-state index contributed by atoms with van der Waals surface area (Å²) in [7, 11) is 0. The zero-order chi connectivity index (χ0) is 22.9. The molecule has 33 heavy (non-hydrogen) atoms. The molecule has 0 saturated carbocycles. The summed E-state index contributed by atoms with van der Waals surface area (Å²) in [4.78, 5) is 40.5. The van der Waals surface area contributed by atoms with Crippen LogP contribution >= 0.6 is 0 Å². The fraction of sp³-hybridized carbons (Fsp3) is 0.500. The van der Waals surface area contributed by atoms with Crippen molar-refractivity contribution in [2.45, 2.75) is 64.2 Å². The topological polar surface area (TPSA) is 105 Å². The van der Waals surface area contributed by atoms with Crippen molar-refractivity contribution in [1.29, 1.82) is 0 Å². The Morgan fingerprint density at radius 1 is 1.18 bits per heavy atom. The molecule has 2 fully saturated rings. The first-order valence-corrected chi connectivity index (χ1v) is 11.5. The Bertz CT molecular complexity index is 1080. The Morgan fingerprint density at radius 2 is 2.06 bits per heavy atom. The highest BCUT2D eigenvalue weighted by Gasteiger charge is 2.39. The van der Waals surface area contributed by atoms with Gasteiger partial charge in [0.05, 0.1) is 5.69 Å². The van der Waals surface area contributed by atoms with Gasteiger partial charge in [-0.25, -0.2) is 0 Å². The first-order valence-electron chi connectivity index (χ1n) is 11.5. The van der Waals surface area contributed by atoms with Gasteiger partial charge in [0.25, 0.3) is 5.91 Å². The Labute approximate surface area is 192 Å². The van der Waals surface area contributed by atoms with Crippen molar-refractivity contribution in [2.75, 3.05) is 13.2 Å². The van der Waals surface area contributed by atoms with E-state index in [9.17, 15) is 14.4 Å². The van der Waals surface area contributed by atoms with E-state index in [2.05, 4.69) is 15.4 Å². The Morgan fingerprint density at radius 3 is 2.85 bits per heavy atom. The Hall–Kier alpha value is -3.20. The molecule has 2 atom stereocenters. The van der Waals surface area contributed by atoms with E-state index in [4.69, 9.17) is 9.26 Å². The molecule has 9 heteroatoms. The molecule has 2 saturated heterocycles. The lowest BCUT2D eigenvalue weighted by Crippen LogP contribution is -2.52. The molecule has 174 valence electrons. The van der Waals surface area contributed by atoms with Crippen molar-refractivity contribution in [2.24, 2.45) is 0 Å². The minimum absolute atomic E-state index is 0.174. The van der Waals surface area contributed by atoms with Gasteiger partial charge in [0.1, 0.15) is 24.2 Å². The van der Waals surface area contributed by atoms with Crippen molar-refractivity contribution in [3.05, 3.63) is 46.8 Å². The normalized spacial score (nSPS) is 23.5. The standard InChI is InChI=1S/C24H28N4O5/c1-15-10-17(26-33-15)13-27-9-3-2-4-18(27)14-32-19-5-6-20-16(11-19)12-28(24(20)31)21-7-8-22(29)25-23(21)30/h5-6,10-11,18,21H,2-4,7-9,12-14H2,1H3,(H,25,29,30). The second kappa shape index (κ2) is 8.97. The van der Waals surface area contributed by atoms with E-state index in [0.29, 0.717) is 25.1 Å². The van der Waals surface area contributed by atoms with E-state index in [-0.39, 0.29) is 24.3 Å². The Balaban J connectivity index is 1.23. The molecule has 5 rings (SSSR count). The largest absolute Gasteiger partial charge is 0.492 e. The average Bonchev–Trinajstić information content (AvgIpc) is 3.35. The number of hydrogen-bond acceptors (Lipinski definition) is 7. The quantitative estimate of drug-likeness (QED) is 0.670. The molecule has 1 aromatic heterocycles. The number of hydrogen-bond donors (Lipinski definition) is 1. The first-order chi connectivity index (χ1) is 16.0. The van der Waals surface area contributed by atoms with Crippen LogP contribution in [-0.4, -0.2) is 57.9 Å². The van der Waals surface area contributed by atoms with Crippen LogP contribution in [0.1, 0.15) is 59.5 Å². The van der Waals surface area contributed by atoms with Gasteiger partial charge < -0.3 is 14.2 Å². The zero-order valence-electron chi connectivity index (χ0n) is 18.7. The molecule has 4 heterocycles. The van der Waals surface area contributed by atoms with Crippen LogP contribution in [0.5, 0.6) is 5.75 Å². The summed E-state index contributed by atoms with van der Waals surface area (Å²) in [6, 6.07) is 7.13. The molecule has 3 aliphatic rings. The van der Waals surface area contributed by atoms with Gasteiger partial charge in [-0.3, -0.25) is 24.6 Å². The number of aryl methyl sites for hydroxylation is 1. The smallest absolute Gasteiger partial charge is 0.255 e. The predicted octanol–water partition coefficient (Wildman–Crippen LogP) is 2.18. The van der Waals surface area contributed by atoms with Gasteiger partial charge in [-0.2, -0.15) is 0 Å². The third-order valence-corrected chi connectivity index (χ3v) is 6.73. The minimum Gasteiger partial charge on any atom is -0.492 e. The fourth-order valence-electron chi connectivity index (χ4n) is 4.99. The summed E-state index contributed by atoms with van der Waals surface area (Å²) in [6.07, 6.45) is 3.99. The van der Waals surface area contributed by atoms with Crippen LogP contribution in [0.4, 0.5) is 0 Å². The molecule has 0 bridgehead atoms. The molecule has 1 N–H and O–H groups in total. The minimum atomic E-state index is -0.608. The van der Waals surface area contributed by atoms with Crippen LogP contribution in [0.3, 0.4) is 0 Å².